The fourth-order valence-electron chi connectivity index (χ4n) is 4.66. The molecule has 0 saturated heterocycles. The molecule has 2 N–H and O–H groups in total. The molecule has 1 amide bonds. The van der Waals surface area contributed by atoms with Crippen LogP contribution in [0.25, 0.3) is 22.4 Å². The molecule has 0 aliphatic rings. The summed E-state index contributed by atoms with van der Waals surface area (Å²) in [5.41, 5.74) is 7.11. The molecule has 2 aromatic carbocycles. The average Bonchev–Trinajstić information content (AvgIpc) is 3.00. The maximum absolute atomic E-state index is 13.0. The normalized spacial score (nSPS) is 11.1. The van der Waals surface area contributed by atoms with Crippen LogP contribution in [0.1, 0.15) is 53.9 Å². The predicted molar refractivity (Wildman–Crippen MR) is 169 cm³/mol. The summed E-state index contributed by atoms with van der Waals surface area (Å²) in [6.45, 7) is 6.99. The highest BCUT2D eigenvalue weighted by molar-refractivity contribution is 6.35. The lowest BCUT2D eigenvalue weighted by Gasteiger charge is -2.16. The molecule has 1 radical (unpaired) electrons. The molecular formula is C34H37ClFN4O2. The number of carbonyl (C=O) groups excluding carboxylic acids is 1. The van der Waals surface area contributed by atoms with Gasteiger partial charge in [-0.1, -0.05) is 55.8 Å². The molecule has 2 heterocycles. The summed E-state index contributed by atoms with van der Waals surface area (Å²) in [6.07, 6.45) is 5.87. The molecule has 42 heavy (non-hydrogen) atoms. The van der Waals surface area contributed by atoms with Gasteiger partial charge < -0.3 is 15.4 Å². The lowest BCUT2D eigenvalue weighted by Crippen LogP contribution is -2.15. The van der Waals surface area contributed by atoms with Crippen LogP contribution in [0.5, 0.6) is 5.75 Å². The van der Waals surface area contributed by atoms with E-state index in [2.05, 4.69) is 34.4 Å². The van der Waals surface area contributed by atoms with Gasteiger partial charge in [0.15, 0.2) is 0 Å². The van der Waals surface area contributed by atoms with Crippen molar-refractivity contribution in [1.82, 2.24) is 15.3 Å². The van der Waals surface area contributed by atoms with E-state index in [0.29, 0.717) is 47.4 Å². The van der Waals surface area contributed by atoms with E-state index >= 15 is 0 Å². The van der Waals surface area contributed by atoms with E-state index in [-0.39, 0.29) is 12.6 Å². The zero-order valence-corrected chi connectivity index (χ0v) is 25.3. The molecule has 0 aliphatic heterocycles. The van der Waals surface area contributed by atoms with Crippen molar-refractivity contribution < 1.29 is 13.9 Å². The molecular weight excluding hydrogens is 551 g/mol. The highest BCUT2D eigenvalue weighted by atomic mass is 35.5. The topological polar surface area (TPSA) is 76.1 Å². The molecule has 0 bridgehead atoms. The second-order valence-corrected chi connectivity index (χ2v) is 10.8. The van der Waals surface area contributed by atoms with Crippen molar-refractivity contribution in [3.63, 3.8) is 0 Å². The number of carbonyl (C=O) groups is 1. The minimum atomic E-state index is -0.346. The minimum Gasteiger partial charge on any atom is -0.496 e. The number of nitrogens with one attached hydrogen (secondary N) is 2. The number of amides is 1. The van der Waals surface area contributed by atoms with Gasteiger partial charge in [0.05, 0.1) is 24.5 Å². The Morgan fingerprint density at radius 1 is 1.05 bits per heavy atom. The summed E-state index contributed by atoms with van der Waals surface area (Å²) in [7, 11) is 1.62. The monoisotopic (exact) mass is 587 g/mol. The SMILES string of the molecule is COc1cc(-c2nccc(-c3cccc(NC(=O)c4ccc(CC[C](C)C)cn4)c3C)c2Cl)ccc1CNCCCF. The molecule has 0 unspecified atom stereocenters. The number of anilines is 1. The first-order chi connectivity index (χ1) is 20.3. The Kier molecular flexibility index (Phi) is 11.0. The molecule has 0 aliphatic carbocycles. The van der Waals surface area contributed by atoms with Crippen molar-refractivity contribution in [3.8, 4) is 28.1 Å². The van der Waals surface area contributed by atoms with Crippen molar-refractivity contribution in [2.24, 2.45) is 0 Å². The van der Waals surface area contributed by atoms with Crippen molar-refractivity contribution in [1.29, 1.82) is 0 Å². The van der Waals surface area contributed by atoms with E-state index in [0.717, 1.165) is 46.2 Å². The van der Waals surface area contributed by atoms with E-state index in [1.54, 1.807) is 25.6 Å². The van der Waals surface area contributed by atoms with Crippen LogP contribution in [-0.4, -0.2) is 36.2 Å². The molecule has 0 atom stereocenters. The number of halogens is 2. The highest BCUT2D eigenvalue weighted by Gasteiger charge is 2.17. The van der Waals surface area contributed by atoms with Crippen LogP contribution in [0.15, 0.2) is 67.0 Å². The summed E-state index contributed by atoms with van der Waals surface area (Å²) in [6, 6.07) is 17.2. The molecule has 0 saturated carbocycles. The lowest BCUT2D eigenvalue weighted by molar-refractivity contribution is 0.102. The predicted octanol–water partition coefficient (Wildman–Crippen LogP) is 8.03. The third-order valence-electron chi connectivity index (χ3n) is 7.10. The van der Waals surface area contributed by atoms with Gasteiger partial charge in [-0.05, 0) is 79.6 Å². The third kappa shape index (κ3) is 7.72. The van der Waals surface area contributed by atoms with Gasteiger partial charge in [0.25, 0.3) is 5.91 Å². The number of pyridine rings is 2. The van der Waals surface area contributed by atoms with E-state index in [1.807, 2.05) is 55.5 Å². The molecule has 2 aromatic heterocycles. The first kappa shape index (κ1) is 31.1. The first-order valence-electron chi connectivity index (χ1n) is 14.1. The van der Waals surface area contributed by atoms with Gasteiger partial charge in [0.2, 0.25) is 0 Å². The third-order valence-corrected chi connectivity index (χ3v) is 7.48. The summed E-state index contributed by atoms with van der Waals surface area (Å²) < 4.78 is 18.0. The maximum Gasteiger partial charge on any atom is 0.274 e. The Balaban J connectivity index is 1.56. The van der Waals surface area contributed by atoms with E-state index in [9.17, 15) is 9.18 Å². The lowest BCUT2D eigenvalue weighted by atomic mass is 9.97. The quantitative estimate of drug-likeness (QED) is 0.155. The second-order valence-electron chi connectivity index (χ2n) is 10.5. The van der Waals surface area contributed by atoms with Crippen LogP contribution in [0.4, 0.5) is 10.1 Å². The average molecular weight is 588 g/mol. The molecule has 0 fully saturated rings. The maximum atomic E-state index is 13.0. The van der Waals surface area contributed by atoms with Gasteiger partial charge in [-0.2, -0.15) is 0 Å². The van der Waals surface area contributed by atoms with Gasteiger partial charge in [-0.15, -0.1) is 0 Å². The molecule has 8 heteroatoms. The molecule has 4 rings (SSSR count). The number of methoxy groups -OCH3 is 1. The van der Waals surface area contributed by atoms with E-state index < -0.39 is 0 Å². The number of benzene rings is 2. The van der Waals surface area contributed by atoms with Crippen molar-refractivity contribution in [2.75, 3.05) is 25.6 Å². The number of alkyl halides is 1. The molecule has 0 spiro atoms. The van der Waals surface area contributed by atoms with Gasteiger partial charge >= 0.3 is 0 Å². The molecule has 4 aromatic rings. The van der Waals surface area contributed by atoms with Crippen molar-refractivity contribution in [3.05, 3.63) is 100 Å². The molecule has 219 valence electrons. The Morgan fingerprint density at radius 2 is 1.88 bits per heavy atom. The number of hydrogen-bond acceptors (Lipinski definition) is 5. The fraction of sp³-hybridized carbons (Fsp3) is 0.294. The number of ether oxygens (including phenoxy) is 1. The number of aromatic nitrogens is 2. The van der Waals surface area contributed by atoms with Crippen LogP contribution in [0.2, 0.25) is 5.02 Å². The smallest absolute Gasteiger partial charge is 0.274 e. The number of nitrogens with zero attached hydrogens (tertiary/aromatic N) is 2. The van der Waals surface area contributed by atoms with E-state index in [1.165, 1.54) is 5.92 Å². The van der Waals surface area contributed by atoms with Crippen LogP contribution < -0.4 is 15.4 Å². The fourth-order valence-corrected chi connectivity index (χ4v) is 4.98. The van der Waals surface area contributed by atoms with E-state index in [4.69, 9.17) is 16.3 Å². The summed E-state index contributed by atoms with van der Waals surface area (Å²) in [5, 5.41) is 6.74. The molecule has 6 nitrogen and oxygen atoms in total. The summed E-state index contributed by atoms with van der Waals surface area (Å²) >= 11 is 6.97. The minimum absolute atomic E-state index is 0.270. The van der Waals surface area contributed by atoms with Gasteiger partial charge in [0, 0.05) is 41.3 Å². The highest BCUT2D eigenvalue weighted by Crippen LogP contribution is 2.39. The standard InChI is InChI=1S/C34H37ClFN4O2/c1-22(2)9-10-24-11-14-30(39-20-24)34(41)40-29-8-5-7-27(23(29)3)28-15-18-38-33(32(28)35)25-12-13-26(31(19-25)42-4)21-37-17-6-16-36/h5,7-8,11-15,18-20,37H,6,9-10,16-17,21H2,1-4H3,(H,40,41). The van der Waals surface area contributed by atoms with Crippen LogP contribution in [-0.2, 0) is 13.0 Å². The van der Waals surface area contributed by atoms with Gasteiger partial charge in [-0.3, -0.25) is 19.2 Å². The largest absolute Gasteiger partial charge is 0.496 e. The van der Waals surface area contributed by atoms with Crippen LogP contribution >= 0.6 is 11.6 Å². The zero-order valence-electron chi connectivity index (χ0n) is 24.6. The Labute approximate surface area is 252 Å². The van der Waals surface area contributed by atoms with Crippen LogP contribution in [0, 0.1) is 12.8 Å². The van der Waals surface area contributed by atoms with Crippen LogP contribution in [0.3, 0.4) is 0 Å². The first-order valence-corrected chi connectivity index (χ1v) is 14.4. The Morgan fingerprint density at radius 3 is 2.60 bits per heavy atom. The zero-order chi connectivity index (χ0) is 30.1. The number of hydrogen-bond donors (Lipinski definition) is 2. The Bertz CT molecular complexity index is 1510. The number of aryl methyl sites for hydroxylation is 1. The van der Waals surface area contributed by atoms with Gasteiger partial charge in [-0.25, -0.2) is 0 Å². The van der Waals surface area contributed by atoms with Gasteiger partial charge in [0.1, 0.15) is 11.4 Å². The van der Waals surface area contributed by atoms with Crippen molar-refractivity contribution in [2.45, 2.75) is 46.6 Å². The Hall–Kier alpha value is -3.81. The van der Waals surface area contributed by atoms with Crippen molar-refractivity contribution >= 4 is 23.2 Å². The summed E-state index contributed by atoms with van der Waals surface area (Å²) in [5.74, 6) is 1.79. The summed E-state index contributed by atoms with van der Waals surface area (Å²) in [4.78, 5) is 22.0. The second kappa shape index (κ2) is 14.9. The number of rotatable bonds is 13.